The molecule has 0 radical (unpaired) electrons. The van der Waals surface area contributed by atoms with Crippen LogP contribution in [0.1, 0.15) is 11.1 Å². The van der Waals surface area contributed by atoms with Gasteiger partial charge in [-0.05, 0) is 43.2 Å². The van der Waals surface area contributed by atoms with E-state index in [1.807, 2.05) is 37.3 Å². The Kier molecular flexibility index (Phi) is 5.54. The summed E-state index contributed by atoms with van der Waals surface area (Å²) in [6.07, 6.45) is 0.482. The van der Waals surface area contributed by atoms with E-state index < -0.39 is 11.2 Å². The monoisotopic (exact) mass is 397 g/mol. The molecule has 1 fully saturated rings. The number of hydrogen-bond acceptors (Lipinski definition) is 4. The Morgan fingerprint density at radius 3 is 2.59 bits per heavy atom. The average Bonchev–Trinajstić information content (AvgIpc) is 2.92. The molecule has 136 valence electrons. The highest BCUT2D eigenvalue weighted by Gasteiger charge is 2.40. The number of benzene rings is 2. The van der Waals surface area contributed by atoms with Crippen LogP contribution in [0.2, 0.25) is 5.02 Å². The number of hydrogen-bond donors (Lipinski definition) is 1. The molecule has 0 bridgehead atoms. The van der Waals surface area contributed by atoms with Gasteiger partial charge < -0.3 is 5.73 Å². The van der Waals surface area contributed by atoms with Crippen LogP contribution >= 0.6 is 23.4 Å². The van der Waals surface area contributed by atoms with Crippen molar-refractivity contribution in [3.63, 3.8) is 0 Å². The molecule has 1 heterocycles. The number of anilines is 1. The molecule has 2 aromatic rings. The molecule has 1 aliphatic rings. The van der Waals surface area contributed by atoms with Gasteiger partial charge in [-0.1, -0.05) is 53.2 Å². The summed E-state index contributed by atoms with van der Waals surface area (Å²) in [6.45, 7) is 1.99. The van der Waals surface area contributed by atoms with E-state index in [0.29, 0.717) is 17.1 Å². The third kappa shape index (κ3) is 4.00. The second-order valence-electron chi connectivity index (χ2n) is 6.11. The number of aryl methyl sites for hydroxylation is 1. The summed E-state index contributed by atoms with van der Waals surface area (Å²) in [5.74, 6) is -1.06. The molecule has 1 unspecified atom stereocenters. The van der Waals surface area contributed by atoms with Crippen molar-refractivity contribution in [3.05, 3.63) is 75.3 Å². The highest BCUT2D eigenvalue weighted by atomic mass is 35.5. The first kappa shape index (κ1) is 19.0. The number of primary amides is 1. The first-order valence-corrected chi connectivity index (χ1v) is 9.42. The van der Waals surface area contributed by atoms with Crippen LogP contribution in [0.15, 0.2) is 59.1 Å². The van der Waals surface area contributed by atoms with Crippen molar-refractivity contribution in [2.75, 3.05) is 4.90 Å². The number of thioether (sulfide) groups is 1. The fourth-order valence-corrected chi connectivity index (χ4v) is 4.32. The molecule has 27 heavy (non-hydrogen) atoms. The van der Waals surface area contributed by atoms with E-state index in [2.05, 4.69) is 0 Å². The Balaban J connectivity index is 2.03. The topological polar surface area (TPSA) is 87.2 Å². The van der Waals surface area contributed by atoms with E-state index >= 15 is 0 Å². The van der Waals surface area contributed by atoms with Crippen molar-refractivity contribution in [2.24, 2.45) is 5.73 Å². The standard InChI is InChI=1S/C20H16ClN3O2S/c1-12-3-2-4-13(9-12)10-17-19(26)24(15-7-5-14(21)6-8-15)20(27-17)16(11-22)18(23)25/h2-9,17H,10H2,1H3,(H2,23,25)/b20-16-. The minimum atomic E-state index is -0.858. The first-order chi connectivity index (χ1) is 12.9. The number of amides is 2. The van der Waals surface area contributed by atoms with Gasteiger partial charge in [0.05, 0.1) is 5.25 Å². The van der Waals surface area contributed by atoms with Crippen LogP contribution in [0.5, 0.6) is 0 Å². The van der Waals surface area contributed by atoms with E-state index in [9.17, 15) is 14.9 Å². The summed E-state index contributed by atoms with van der Waals surface area (Å²) in [6, 6.07) is 16.4. The van der Waals surface area contributed by atoms with Gasteiger partial charge in [-0.2, -0.15) is 5.26 Å². The number of nitriles is 1. The van der Waals surface area contributed by atoms with Crippen LogP contribution in [-0.2, 0) is 16.0 Å². The first-order valence-electron chi connectivity index (χ1n) is 8.16. The van der Waals surface area contributed by atoms with Gasteiger partial charge in [-0.3, -0.25) is 14.5 Å². The van der Waals surface area contributed by atoms with E-state index in [0.717, 1.165) is 11.1 Å². The number of nitrogens with zero attached hydrogens (tertiary/aromatic N) is 2. The zero-order chi connectivity index (χ0) is 19.6. The fourth-order valence-electron chi connectivity index (χ4n) is 2.88. The van der Waals surface area contributed by atoms with Gasteiger partial charge >= 0.3 is 0 Å². The minimum absolute atomic E-state index is 0.201. The zero-order valence-corrected chi connectivity index (χ0v) is 16.1. The smallest absolute Gasteiger partial charge is 0.262 e. The normalized spacial score (nSPS) is 18.3. The van der Waals surface area contributed by atoms with Crippen molar-refractivity contribution in [1.82, 2.24) is 0 Å². The Morgan fingerprint density at radius 2 is 2.00 bits per heavy atom. The molecule has 1 aliphatic heterocycles. The number of nitrogens with two attached hydrogens (primary N) is 1. The SMILES string of the molecule is Cc1cccc(CC2S/C(=C(/C#N)C(N)=O)N(c3ccc(Cl)cc3)C2=O)c1. The molecule has 0 aromatic heterocycles. The molecule has 1 saturated heterocycles. The molecule has 2 N–H and O–H groups in total. The summed E-state index contributed by atoms with van der Waals surface area (Å²) in [5, 5.41) is 9.71. The molecule has 0 saturated carbocycles. The Labute approximate surface area is 166 Å². The van der Waals surface area contributed by atoms with E-state index in [1.165, 1.54) is 16.7 Å². The van der Waals surface area contributed by atoms with Gasteiger partial charge in [-0.25, -0.2) is 0 Å². The molecule has 5 nitrogen and oxygen atoms in total. The van der Waals surface area contributed by atoms with Crippen molar-refractivity contribution in [3.8, 4) is 6.07 Å². The number of carbonyl (C=O) groups excluding carboxylic acids is 2. The number of rotatable bonds is 4. The average molecular weight is 398 g/mol. The Morgan fingerprint density at radius 1 is 1.30 bits per heavy atom. The highest BCUT2D eigenvalue weighted by molar-refractivity contribution is 8.05. The maximum absolute atomic E-state index is 13.1. The lowest BCUT2D eigenvalue weighted by molar-refractivity contribution is -0.117. The van der Waals surface area contributed by atoms with Crippen LogP contribution in [0.4, 0.5) is 5.69 Å². The lowest BCUT2D eigenvalue weighted by Crippen LogP contribution is -2.31. The Hall–Kier alpha value is -2.75. The van der Waals surface area contributed by atoms with E-state index in [-0.39, 0.29) is 16.5 Å². The maximum atomic E-state index is 13.1. The second kappa shape index (κ2) is 7.87. The Bertz CT molecular complexity index is 979. The van der Waals surface area contributed by atoms with Crippen LogP contribution in [0.25, 0.3) is 0 Å². The van der Waals surface area contributed by atoms with Crippen molar-refractivity contribution >= 4 is 40.9 Å². The van der Waals surface area contributed by atoms with Crippen LogP contribution in [0, 0.1) is 18.3 Å². The second-order valence-corrected chi connectivity index (χ2v) is 7.73. The summed E-state index contributed by atoms with van der Waals surface area (Å²) in [4.78, 5) is 26.2. The maximum Gasteiger partial charge on any atom is 0.262 e. The quantitative estimate of drug-likeness (QED) is 0.631. The lowest BCUT2D eigenvalue weighted by atomic mass is 10.1. The van der Waals surface area contributed by atoms with Crippen LogP contribution in [-0.4, -0.2) is 17.1 Å². The summed E-state index contributed by atoms with van der Waals surface area (Å²) >= 11 is 7.12. The summed E-state index contributed by atoms with van der Waals surface area (Å²) < 4.78 is 0. The molecule has 2 aromatic carbocycles. The predicted octanol–water partition coefficient (Wildman–Crippen LogP) is 3.56. The molecule has 7 heteroatoms. The predicted molar refractivity (Wildman–Crippen MR) is 107 cm³/mol. The third-order valence-electron chi connectivity index (χ3n) is 4.11. The zero-order valence-electron chi connectivity index (χ0n) is 14.5. The molecule has 3 rings (SSSR count). The van der Waals surface area contributed by atoms with Crippen LogP contribution < -0.4 is 10.6 Å². The molecule has 0 spiro atoms. The van der Waals surface area contributed by atoms with Gasteiger partial charge in [-0.15, -0.1) is 0 Å². The van der Waals surface area contributed by atoms with Crippen molar-refractivity contribution in [1.29, 1.82) is 5.26 Å². The number of halogens is 1. The molecular weight excluding hydrogens is 382 g/mol. The lowest BCUT2D eigenvalue weighted by Gasteiger charge is -2.18. The van der Waals surface area contributed by atoms with Gasteiger partial charge in [0, 0.05) is 10.7 Å². The molecule has 1 atom stereocenters. The molecule has 0 aliphatic carbocycles. The van der Waals surface area contributed by atoms with Crippen molar-refractivity contribution < 1.29 is 9.59 Å². The summed E-state index contributed by atoms with van der Waals surface area (Å²) in [7, 11) is 0. The largest absolute Gasteiger partial charge is 0.365 e. The van der Waals surface area contributed by atoms with Crippen LogP contribution in [0.3, 0.4) is 0 Å². The minimum Gasteiger partial charge on any atom is -0.365 e. The van der Waals surface area contributed by atoms with E-state index in [4.69, 9.17) is 17.3 Å². The van der Waals surface area contributed by atoms with Gasteiger partial charge in [0.25, 0.3) is 5.91 Å². The molecule has 2 amide bonds. The van der Waals surface area contributed by atoms with Crippen molar-refractivity contribution in [2.45, 2.75) is 18.6 Å². The number of carbonyl (C=O) groups is 2. The van der Waals surface area contributed by atoms with Gasteiger partial charge in [0.15, 0.2) is 0 Å². The van der Waals surface area contributed by atoms with E-state index in [1.54, 1.807) is 24.3 Å². The summed E-state index contributed by atoms with van der Waals surface area (Å²) in [5.41, 5.74) is 7.78. The third-order valence-corrected chi connectivity index (χ3v) is 5.63. The van der Waals surface area contributed by atoms with Gasteiger partial charge in [0.2, 0.25) is 5.91 Å². The van der Waals surface area contributed by atoms with Gasteiger partial charge in [0.1, 0.15) is 16.7 Å². The molecular formula is C20H16ClN3O2S. The fraction of sp³-hybridized carbons (Fsp3) is 0.150. The highest BCUT2D eigenvalue weighted by Crippen LogP contribution is 2.42.